The molecule has 0 heterocycles. The van der Waals surface area contributed by atoms with Crippen molar-refractivity contribution in [3.63, 3.8) is 0 Å². The third-order valence-corrected chi connectivity index (χ3v) is 4.20. The van der Waals surface area contributed by atoms with Crippen LogP contribution in [-0.2, 0) is 9.47 Å². The van der Waals surface area contributed by atoms with Gasteiger partial charge in [0.25, 0.3) is 0 Å². The second-order valence-corrected chi connectivity index (χ2v) is 9.00. The highest BCUT2D eigenvalue weighted by atomic mass is 16.5. The zero-order chi connectivity index (χ0) is 16.8. The monoisotopic (exact) mass is 310 g/mol. The van der Waals surface area contributed by atoms with Gasteiger partial charge in [-0.05, 0) is 79.6 Å². The molecular weight excluding hydrogens is 272 g/mol. The molecule has 1 fully saturated rings. The van der Waals surface area contributed by atoms with Gasteiger partial charge in [-0.3, -0.25) is 0 Å². The summed E-state index contributed by atoms with van der Waals surface area (Å²) in [4.78, 5) is 0. The van der Waals surface area contributed by atoms with E-state index >= 15 is 0 Å². The molecule has 1 aliphatic carbocycles. The van der Waals surface area contributed by atoms with Crippen LogP contribution in [0, 0.1) is 11.8 Å². The topological polar surface area (TPSA) is 18.5 Å². The highest BCUT2D eigenvalue weighted by Crippen LogP contribution is 2.33. The maximum atomic E-state index is 5.99. The number of allylic oxidation sites excluding steroid dienone is 1. The van der Waals surface area contributed by atoms with Crippen LogP contribution in [0.25, 0.3) is 0 Å². The molecule has 0 aliphatic heterocycles. The molecule has 0 aromatic rings. The first-order valence-electron chi connectivity index (χ1n) is 8.99. The summed E-state index contributed by atoms with van der Waals surface area (Å²) >= 11 is 0. The Hall–Kier alpha value is -0.340. The SMILES string of the molecule is C/C(=C/COC(C)(C)C)CC1CCCC(COC(C)(C)C)C1. The van der Waals surface area contributed by atoms with Crippen molar-refractivity contribution in [1.29, 1.82) is 0 Å². The van der Waals surface area contributed by atoms with E-state index in [4.69, 9.17) is 9.47 Å². The molecule has 1 aliphatic rings. The van der Waals surface area contributed by atoms with Crippen molar-refractivity contribution in [2.45, 2.75) is 91.8 Å². The van der Waals surface area contributed by atoms with E-state index in [-0.39, 0.29) is 11.2 Å². The van der Waals surface area contributed by atoms with Gasteiger partial charge in [0.05, 0.1) is 24.4 Å². The summed E-state index contributed by atoms with van der Waals surface area (Å²) in [6.45, 7) is 16.7. The lowest BCUT2D eigenvalue weighted by Crippen LogP contribution is -2.26. The van der Waals surface area contributed by atoms with Crippen LogP contribution in [0.2, 0.25) is 0 Å². The largest absolute Gasteiger partial charge is 0.376 e. The molecule has 0 bridgehead atoms. The fourth-order valence-corrected chi connectivity index (χ4v) is 3.08. The molecule has 0 saturated heterocycles. The first-order chi connectivity index (χ1) is 10.1. The van der Waals surface area contributed by atoms with Gasteiger partial charge in [-0.15, -0.1) is 0 Å². The molecule has 0 radical (unpaired) electrons. The van der Waals surface area contributed by atoms with Gasteiger partial charge in [-0.2, -0.15) is 0 Å². The van der Waals surface area contributed by atoms with Crippen LogP contribution in [0.3, 0.4) is 0 Å². The summed E-state index contributed by atoms with van der Waals surface area (Å²) in [5, 5.41) is 0. The van der Waals surface area contributed by atoms with E-state index in [2.05, 4.69) is 54.5 Å². The van der Waals surface area contributed by atoms with Gasteiger partial charge in [0.1, 0.15) is 0 Å². The minimum absolute atomic E-state index is 0.00689. The van der Waals surface area contributed by atoms with Crippen LogP contribution in [0.15, 0.2) is 11.6 Å². The zero-order valence-electron chi connectivity index (χ0n) is 16.0. The second kappa shape index (κ2) is 8.49. The molecule has 130 valence electrons. The molecule has 0 spiro atoms. The lowest BCUT2D eigenvalue weighted by Gasteiger charge is -2.31. The molecule has 0 amide bonds. The Morgan fingerprint density at radius 3 is 2.14 bits per heavy atom. The van der Waals surface area contributed by atoms with Crippen molar-refractivity contribution in [2.24, 2.45) is 11.8 Å². The van der Waals surface area contributed by atoms with E-state index in [1.54, 1.807) is 0 Å². The Labute approximate surface area is 138 Å². The Kier molecular flexibility index (Phi) is 7.61. The first-order valence-corrected chi connectivity index (χ1v) is 8.99. The highest BCUT2D eigenvalue weighted by molar-refractivity contribution is 5.00. The predicted molar refractivity (Wildman–Crippen MR) is 95.2 cm³/mol. The fourth-order valence-electron chi connectivity index (χ4n) is 3.08. The van der Waals surface area contributed by atoms with Crippen LogP contribution in [0.5, 0.6) is 0 Å². The number of hydrogen-bond donors (Lipinski definition) is 0. The summed E-state index contributed by atoms with van der Waals surface area (Å²) in [6.07, 6.45) is 8.87. The van der Waals surface area contributed by atoms with Crippen LogP contribution in [0.1, 0.15) is 80.6 Å². The number of ether oxygens (including phenoxy) is 2. The van der Waals surface area contributed by atoms with Crippen LogP contribution in [0.4, 0.5) is 0 Å². The van der Waals surface area contributed by atoms with Gasteiger partial charge in [0, 0.05) is 0 Å². The smallest absolute Gasteiger partial charge is 0.0657 e. The van der Waals surface area contributed by atoms with Crippen molar-refractivity contribution in [2.75, 3.05) is 13.2 Å². The first kappa shape index (κ1) is 19.7. The Balaban J connectivity index is 2.34. The molecule has 0 aromatic carbocycles. The average molecular weight is 311 g/mol. The van der Waals surface area contributed by atoms with Crippen LogP contribution in [-0.4, -0.2) is 24.4 Å². The van der Waals surface area contributed by atoms with Crippen LogP contribution < -0.4 is 0 Å². The van der Waals surface area contributed by atoms with E-state index in [9.17, 15) is 0 Å². The van der Waals surface area contributed by atoms with Crippen molar-refractivity contribution < 1.29 is 9.47 Å². The van der Waals surface area contributed by atoms with Gasteiger partial charge in [0.2, 0.25) is 0 Å². The molecule has 1 rings (SSSR count). The summed E-state index contributed by atoms with van der Waals surface area (Å²) in [7, 11) is 0. The Morgan fingerprint density at radius 1 is 0.955 bits per heavy atom. The third-order valence-electron chi connectivity index (χ3n) is 4.20. The second-order valence-electron chi connectivity index (χ2n) is 9.00. The highest BCUT2D eigenvalue weighted by Gasteiger charge is 2.24. The Bertz CT molecular complexity index is 344. The zero-order valence-corrected chi connectivity index (χ0v) is 16.0. The summed E-state index contributed by atoms with van der Waals surface area (Å²) in [5.74, 6) is 1.57. The van der Waals surface area contributed by atoms with E-state index < -0.39 is 0 Å². The molecule has 2 heteroatoms. The fraction of sp³-hybridized carbons (Fsp3) is 0.900. The lowest BCUT2D eigenvalue weighted by atomic mass is 9.79. The van der Waals surface area contributed by atoms with E-state index in [0.717, 1.165) is 25.0 Å². The Morgan fingerprint density at radius 2 is 1.55 bits per heavy atom. The molecular formula is C20H38O2. The lowest BCUT2D eigenvalue weighted by molar-refractivity contribution is -0.0315. The predicted octanol–water partition coefficient (Wildman–Crippen LogP) is 5.76. The van der Waals surface area contributed by atoms with E-state index in [0.29, 0.717) is 0 Å². The van der Waals surface area contributed by atoms with Gasteiger partial charge in [-0.25, -0.2) is 0 Å². The van der Waals surface area contributed by atoms with Gasteiger partial charge < -0.3 is 9.47 Å². The third kappa shape index (κ3) is 9.63. The minimum Gasteiger partial charge on any atom is -0.376 e. The minimum atomic E-state index is -0.0446. The quantitative estimate of drug-likeness (QED) is 0.581. The standard InChI is InChI=1S/C20H38O2/c1-16(11-12-21-19(2,3)4)13-17-9-8-10-18(14-17)15-22-20(5,6)7/h11,17-18H,8-10,12-15H2,1-7H3/b16-11-. The van der Waals surface area contributed by atoms with Gasteiger partial charge in [-0.1, -0.05) is 24.5 Å². The molecule has 22 heavy (non-hydrogen) atoms. The van der Waals surface area contributed by atoms with Crippen molar-refractivity contribution in [3.8, 4) is 0 Å². The number of rotatable bonds is 6. The van der Waals surface area contributed by atoms with Gasteiger partial charge in [0.15, 0.2) is 0 Å². The molecule has 2 nitrogen and oxygen atoms in total. The van der Waals surface area contributed by atoms with Crippen molar-refractivity contribution in [1.82, 2.24) is 0 Å². The van der Waals surface area contributed by atoms with E-state index in [1.807, 2.05) is 0 Å². The molecule has 1 saturated carbocycles. The maximum Gasteiger partial charge on any atom is 0.0657 e. The number of hydrogen-bond acceptors (Lipinski definition) is 2. The van der Waals surface area contributed by atoms with Gasteiger partial charge >= 0.3 is 0 Å². The maximum absolute atomic E-state index is 5.99. The van der Waals surface area contributed by atoms with Crippen molar-refractivity contribution >= 4 is 0 Å². The summed E-state index contributed by atoms with van der Waals surface area (Å²) < 4.78 is 11.8. The average Bonchev–Trinajstić information content (AvgIpc) is 2.34. The molecule has 2 unspecified atom stereocenters. The van der Waals surface area contributed by atoms with E-state index in [1.165, 1.54) is 37.7 Å². The summed E-state index contributed by atoms with van der Waals surface area (Å²) in [6, 6.07) is 0. The molecule has 0 N–H and O–H groups in total. The molecule has 0 aromatic heterocycles. The van der Waals surface area contributed by atoms with Crippen molar-refractivity contribution in [3.05, 3.63) is 11.6 Å². The summed E-state index contributed by atoms with van der Waals surface area (Å²) in [5.41, 5.74) is 1.43. The normalized spacial score (nSPS) is 24.6. The van der Waals surface area contributed by atoms with Crippen LogP contribution >= 0.6 is 0 Å². The molecule has 2 atom stereocenters.